The Morgan fingerprint density at radius 1 is 1.00 bits per heavy atom. The molecule has 0 aliphatic rings. The van der Waals surface area contributed by atoms with Crippen molar-refractivity contribution >= 4 is 23.9 Å². The number of esters is 1. The molecule has 1 aromatic rings. The van der Waals surface area contributed by atoms with Crippen molar-refractivity contribution in [3.05, 3.63) is 35.9 Å². The first-order valence-electron chi connectivity index (χ1n) is 10.4. The Kier molecular flexibility index (Phi) is 10.6. The van der Waals surface area contributed by atoms with Crippen LogP contribution in [0, 0.1) is 5.92 Å². The average Bonchev–Trinajstić information content (AvgIpc) is 2.72. The summed E-state index contributed by atoms with van der Waals surface area (Å²) in [7, 11) is 0. The summed E-state index contributed by atoms with van der Waals surface area (Å²) < 4.78 is 10.4. The molecule has 10 nitrogen and oxygen atoms in total. The molecule has 0 fully saturated rings. The SMILES string of the molecule is CC(C)[C@H](NC(=O)[C@H](CCC(=O)OC(C)(C)C)NC(=O)OCc1ccccc1)C(=O)NN. The van der Waals surface area contributed by atoms with E-state index < -0.39 is 41.6 Å². The lowest BCUT2D eigenvalue weighted by Crippen LogP contribution is -2.56. The zero-order chi connectivity index (χ0) is 24.3. The lowest BCUT2D eigenvalue weighted by atomic mass is 10.0. The van der Waals surface area contributed by atoms with Crippen molar-refractivity contribution in [2.45, 2.75) is 71.8 Å². The topological polar surface area (TPSA) is 149 Å². The van der Waals surface area contributed by atoms with Gasteiger partial charge in [-0.1, -0.05) is 44.2 Å². The van der Waals surface area contributed by atoms with E-state index in [2.05, 4.69) is 10.6 Å². The quantitative estimate of drug-likeness (QED) is 0.183. The van der Waals surface area contributed by atoms with Gasteiger partial charge < -0.3 is 20.1 Å². The van der Waals surface area contributed by atoms with Crippen molar-refractivity contribution in [2.24, 2.45) is 11.8 Å². The summed E-state index contributed by atoms with van der Waals surface area (Å²) in [5.74, 6) is 3.19. The molecule has 0 aliphatic carbocycles. The lowest BCUT2D eigenvalue weighted by molar-refractivity contribution is -0.155. The summed E-state index contributed by atoms with van der Waals surface area (Å²) in [6, 6.07) is 6.99. The summed E-state index contributed by atoms with van der Waals surface area (Å²) in [6.45, 7) is 8.67. The van der Waals surface area contributed by atoms with E-state index in [0.717, 1.165) is 5.56 Å². The molecule has 0 aliphatic heterocycles. The van der Waals surface area contributed by atoms with Crippen molar-refractivity contribution in [1.29, 1.82) is 0 Å². The van der Waals surface area contributed by atoms with Gasteiger partial charge in [0.2, 0.25) is 5.91 Å². The van der Waals surface area contributed by atoms with Crippen LogP contribution in [0.25, 0.3) is 0 Å². The molecule has 0 saturated heterocycles. The third-order valence-corrected chi connectivity index (χ3v) is 4.27. The van der Waals surface area contributed by atoms with Crippen LogP contribution in [-0.2, 0) is 30.5 Å². The highest BCUT2D eigenvalue weighted by atomic mass is 16.6. The molecular formula is C22H34N4O6. The first-order chi connectivity index (χ1) is 14.9. The van der Waals surface area contributed by atoms with Gasteiger partial charge in [-0.3, -0.25) is 19.8 Å². The molecule has 5 N–H and O–H groups in total. The van der Waals surface area contributed by atoms with E-state index in [1.54, 1.807) is 46.8 Å². The maximum Gasteiger partial charge on any atom is 0.408 e. The molecular weight excluding hydrogens is 416 g/mol. The monoisotopic (exact) mass is 450 g/mol. The Morgan fingerprint density at radius 2 is 1.62 bits per heavy atom. The Hall–Kier alpha value is -3.14. The van der Waals surface area contributed by atoms with Gasteiger partial charge in [-0.15, -0.1) is 0 Å². The minimum atomic E-state index is -1.13. The molecule has 0 bridgehead atoms. The van der Waals surface area contributed by atoms with E-state index in [-0.39, 0.29) is 25.4 Å². The molecule has 178 valence electrons. The largest absolute Gasteiger partial charge is 0.460 e. The van der Waals surface area contributed by atoms with Gasteiger partial charge in [-0.05, 0) is 38.7 Å². The first kappa shape index (κ1) is 26.9. The number of carbonyl (C=O) groups excluding carboxylic acids is 4. The van der Waals surface area contributed by atoms with Gasteiger partial charge in [0.05, 0.1) is 0 Å². The molecule has 0 spiro atoms. The van der Waals surface area contributed by atoms with Crippen molar-refractivity contribution in [2.75, 3.05) is 0 Å². The van der Waals surface area contributed by atoms with Gasteiger partial charge >= 0.3 is 12.1 Å². The molecule has 0 radical (unpaired) electrons. The first-order valence-corrected chi connectivity index (χ1v) is 10.4. The smallest absolute Gasteiger partial charge is 0.408 e. The number of benzene rings is 1. The molecule has 1 aromatic carbocycles. The molecule has 2 atom stereocenters. The summed E-state index contributed by atoms with van der Waals surface area (Å²) in [4.78, 5) is 49.2. The molecule has 0 heterocycles. The number of amides is 3. The third-order valence-electron chi connectivity index (χ3n) is 4.27. The fourth-order valence-corrected chi connectivity index (χ4v) is 2.71. The minimum absolute atomic E-state index is 0.0112. The molecule has 32 heavy (non-hydrogen) atoms. The molecule has 0 unspecified atom stereocenters. The second-order valence-electron chi connectivity index (χ2n) is 8.62. The van der Waals surface area contributed by atoms with Gasteiger partial charge in [0.1, 0.15) is 24.3 Å². The Balaban J connectivity index is 2.83. The predicted octanol–water partition coefficient (Wildman–Crippen LogP) is 1.53. The van der Waals surface area contributed by atoms with Crippen LogP contribution in [0.1, 0.15) is 53.0 Å². The fraction of sp³-hybridized carbons (Fsp3) is 0.545. The third kappa shape index (κ3) is 10.3. The van der Waals surface area contributed by atoms with E-state index in [9.17, 15) is 19.2 Å². The zero-order valence-corrected chi connectivity index (χ0v) is 19.3. The van der Waals surface area contributed by atoms with Crippen LogP contribution in [-0.4, -0.2) is 41.6 Å². The van der Waals surface area contributed by atoms with E-state index in [1.165, 1.54) is 0 Å². The van der Waals surface area contributed by atoms with Crippen LogP contribution >= 0.6 is 0 Å². The number of rotatable bonds is 10. The molecule has 1 rings (SSSR count). The number of hydrogen-bond donors (Lipinski definition) is 4. The second kappa shape index (κ2) is 12.7. The number of alkyl carbamates (subject to hydrolysis) is 1. The van der Waals surface area contributed by atoms with Gasteiger partial charge in [-0.2, -0.15) is 0 Å². The minimum Gasteiger partial charge on any atom is -0.460 e. The number of carbonyl (C=O) groups is 4. The zero-order valence-electron chi connectivity index (χ0n) is 19.3. The van der Waals surface area contributed by atoms with E-state index in [0.29, 0.717) is 0 Å². The van der Waals surface area contributed by atoms with Crippen molar-refractivity contribution in [1.82, 2.24) is 16.1 Å². The number of hydrogen-bond acceptors (Lipinski definition) is 7. The number of ether oxygens (including phenoxy) is 2. The summed E-state index contributed by atoms with van der Waals surface area (Å²) in [5, 5.41) is 5.03. The predicted molar refractivity (Wildman–Crippen MR) is 118 cm³/mol. The number of nitrogens with two attached hydrogens (primary N) is 1. The average molecular weight is 451 g/mol. The molecule has 0 saturated carbocycles. The maximum absolute atomic E-state index is 12.8. The highest BCUT2D eigenvalue weighted by molar-refractivity contribution is 5.91. The fourth-order valence-electron chi connectivity index (χ4n) is 2.71. The Bertz CT molecular complexity index is 776. The van der Waals surface area contributed by atoms with Gasteiger partial charge in [0, 0.05) is 6.42 Å². The van der Waals surface area contributed by atoms with E-state index >= 15 is 0 Å². The van der Waals surface area contributed by atoms with Crippen LogP contribution in [0.4, 0.5) is 4.79 Å². The summed E-state index contributed by atoms with van der Waals surface area (Å²) in [5.41, 5.74) is 2.10. The number of hydrazine groups is 1. The second-order valence-corrected chi connectivity index (χ2v) is 8.62. The van der Waals surface area contributed by atoms with Crippen LogP contribution < -0.4 is 21.9 Å². The normalized spacial score (nSPS) is 13.0. The van der Waals surface area contributed by atoms with Crippen molar-refractivity contribution < 1.29 is 28.7 Å². The van der Waals surface area contributed by atoms with Crippen LogP contribution in [0.5, 0.6) is 0 Å². The van der Waals surface area contributed by atoms with Gasteiger partial charge in [0.15, 0.2) is 0 Å². The molecule has 10 heteroatoms. The lowest BCUT2D eigenvalue weighted by Gasteiger charge is -2.25. The highest BCUT2D eigenvalue weighted by Crippen LogP contribution is 2.11. The Morgan fingerprint density at radius 3 is 2.16 bits per heavy atom. The molecule has 3 amide bonds. The van der Waals surface area contributed by atoms with Crippen LogP contribution in [0.2, 0.25) is 0 Å². The van der Waals surface area contributed by atoms with Crippen LogP contribution in [0.15, 0.2) is 30.3 Å². The van der Waals surface area contributed by atoms with Crippen molar-refractivity contribution in [3.63, 3.8) is 0 Å². The van der Waals surface area contributed by atoms with Crippen LogP contribution in [0.3, 0.4) is 0 Å². The highest BCUT2D eigenvalue weighted by Gasteiger charge is 2.29. The maximum atomic E-state index is 12.8. The number of nitrogens with one attached hydrogen (secondary N) is 3. The van der Waals surface area contributed by atoms with E-state index in [1.807, 2.05) is 23.6 Å². The Labute approximate surface area is 188 Å². The summed E-state index contributed by atoms with van der Waals surface area (Å²) in [6.07, 6.45) is -0.998. The molecule has 0 aromatic heterocycles. The van der Waals surface area contributed by atoms with Crippen molar-refractivity contribution in [3.8, 4) is 0 Å². The standard InChI is InChI=1S/C22H34N4O6/c1-14(2)18(20(29)26-23)25-19(28)16(11-12-17(27)32-22(3,4)5)24-21(30)31-13-15-9-7-6-8-10-15/h6-10,14,16,18H,11-13,23H2,1-5H3,(H,24,30)(H,25,28)(H,26,29)/t16-,18-/m0/s1. The van der Waals surface area contributed by atoms with Gasteiger partial charge in [-0.25, -0.2) is 10.6 Å². The van der Waals surface area contributed by atoms with E-state index in [4.69, 9.17) is 15.3 Å². The summed E-state index contributed by atoms with van der Waals surface area (Å²) >= 11 is 0. The van der Waals surface area contributed by atoms with Gasteiger partial charge in [0.25, 0.3) is 5.91 Å².